The quantitative estimate of drug-likeness (QED) is 0.443. The van der Waals surface area contributed by atoms with E-state index in [9.17, 15) is 18.0 Å². The third-order valence-electron chi connectivity index (χ3n) is 3.04. The third kappa shape index (κ3) is 6.73. The van der Waals surface area contributed by atoms with Crippen molar-refractivity contribution in [3.05, 3.63) is 66.1 Å². The van der Waals surface area contributed by atoms with Crippen LogP contribution in [0.1, 0.15) is 0 Å². The molecule has 0 aliphatic carbocycles. The fourth-order valence-corrected chi connectivity index (χ4v) is 3.17. The van der Waals surface area contributed by atoms with Gasteiger partial charge in [0, 0.05) is 22.9 Å². The molecule has 0 unspecified atom stereocenters. The molecule has 0 heterocycles. The van der Waals surface area contributed by atoms with Crippen LogP contribution in [0.25, 0.3) is 0 Å². The molecule has 0 atom stereocenters. The fraction of sp³-hybridized carbons (Fsp3) is 0.111. The monoisotopic (exact) mass is 391 g/mol. The van der Waals surface area contributed by atoms with Gasteiger partial charge >= 0.3 is 5.97 Å². The van der Waals surface area contributed by atoms with Crippen molar-refractivity contribution in [3.8, 4) is 0 Å². The minimum absolute atomic E-state index is 0.0909. The van der Waals surface area contributed by atoms with Gasteiger partial charge in [-0.05, 0) is 35.7 Å². The minimum Gasteiger partial charge on any atom is -0.452 e. The summed E-state index contributed by atoms with van der Waals surface area (Å²) in [7, 11) is -3.37. The highest BCUT2D eigenvalue weighted by Gasteiger charge is 2.10. The Morgan fingerprint density at radius 2 is 1.85 bits per heavy atom. The number of carbonyl (C=O) groups is 2. The van der Waals surface area contributed by atoms with E-state index in [2.05, 4.69) is 5.32 Å². The number of ether oxygens (including phenoxy) is 1. The summed E-state index contributed by atoms with van der Waals surface area (Å²) in [4.78, 5) is 24.5. The molecule has 0 saturated carbocycles. The van der Waals surface area contributed by atoms with E-state index in [-0.39, 0.29) is 4.90 Å². The summed E-state index contributed by atoms with van der Waals surface area (Å²) in [6, 6.07) is 15.3. The van der Waals surface area contributed by atoms with Gasteiger partial charge in [0.05, 0.1) is 4.90 Å². The molecule has 26 heavy (non-hydrogen) atoms. The van der Waals surface area contributed by atoms with Crippen molar-refractivity contribution in [2.75, 3.05) is 18.2 Å². The molecule has 0 aromatic heterocycles. The number of hydrogen-bond acceptors (Lipinski definition) is 6. The van der Waals surface area contributed by atoms with E-state index in [4.69, 9.17) is 4.74 Å². The number of benzene rings is 2. The highest BCUT2D eigenvalue weighted by atomic mass is 32.2. The normalized spacial score (nSPS) is 11.3. The average molecular weight is 391 g/mol. The summed E-state index contributed by atoms with van der Waals surface area (Å²) in [5.74, 6) is -1.21. The first-order valence-electron chi connectivity index (χ1n) is 7.49. The number of rotatable bonds is 7. The maximum Gasteiger partial charge on any atom is 0.331 e. The third-order valence-corrected chi connectivity index (χ3v) is 4.97. The van der Waals surface area contributed by atoms with E-state index in [1.54, 1.807) is 11.5 Å². The van der Waals surface area contributed by atoms with Crippen LogP contribution in [-0.2, 0) is 24.2 Å². The molecule has 0 fully saturated rings. The van der Waals surface area contributed by atoms with Crippen molar-refractivity contribution in [3.63, 3.8) is 0 Å². The SMILES string of the molecule is CS(=O)(=O)c1cccc(NC(=O)COC(=O)/C=C/Sc2ccccc2)c1. The van der Waals surface area contributed by atoms with Crippen molar-refractivity contribution in [1.82, 2.24) is 0 Å². The molecule has 0 bridgehead atoms. The number of hydrogen-bond donors (Lipinski definition) is 1. The van der Waals surface area contributed by atoms with E-state index in [0.29, 0.717) is 5.69 Å². The Morgan fingerprint density at radius 3 is 2.54 bits per heavy atom. The van der Waals surface area contributed by atoms with Gasteiger partial charge in [-0.2, -0.15) is 0 Å². The lowest BCUT2D eigenvalue weighted by atomic mass is 10.3. The Labute approximate surface area is 156 Å². The molecule has 8 heteroatoms. The van der Waals surface area contributed by atoms with Crippen LogP contribution in [0, 0.1) is 0 Å². The van der Waals surface area contributed by atoms with Crippen molar-refractivity contribution in [2.24, 2.45) is 0 Å². The van der Waals surface area contributed by atoms with Gasteiger partial charge in [-0.25, -0.2) is 13.2 Å². The molecule has 136 valence electrons. The average Bonchev–Trinajstić information content (AvgIpc) is 2.60. The summed E-state index contributed by atoms with van der Waals surface area (Å²) in [5, 5.41) is 4.06. The summed E-state index contributed by atoms with van der Waals surface area (Å²) in [6.07, 6.45) is 2.31. The van der Waals surface area contributed by atoms with Crippen LogP contribution >= 0.6 is 11.8 Å². The topological polar surface area (TPSA) is 89.5 Å². The zero-order valence-corrected chi connectivity index (χ0v) is 15.5. The molecule has 1 N–H and O–H groups in total. The molecular weight excluding hydrogens is 374 g/mol. The zero-order valence-electron chi connectivity index (χ0n) is 13.9. The van der Waals surface area contributed by atoms with E-state index in [1.807, 2.05) is 30.3 Å². The predicted molar refractivity (Wildman–Crippen MR) is 101 cm³/mol. The molecule has 2 aromatic rings. The zero-order chi connectivity index (χ0) is 19.0. The second-order valence-corrected chi connectivity index (χ2v) is 8.18. The van der Waals surface area contributed by atoms with Crippen LogP contribution in [0.2, 0.25) is 0 Å². The lowest BCUT2D eigenvalue weighted by molar-refractivity contribution is -0.142. The number of sulfone groups is 1. The first-order chi connectivity index (χ1) is 12.3. The maximum absolute atomic E-state index is 11.8. The molecule has 2 aromatic carbocycles. The minimum atomic E-state index is -3.37. The highest BCUT2D eigenvalue weighted by molar-refractivity contribution is 8.02. The summed E-state index contributed by atoms with van der Waals surface area (Å²) >= 11 is 1.35. The van der Waals surface area contributed by atoms with E-state index in [1.165, 1.54) is 36.0 Å². The Kier molecular flexibility index (Phi) is 6.99. The van der Waals surface area contributed by atoms with Crippen LogP contribution in [-0.4, -0.2) is 33.2 Å². The predicted octanol–water partition coefficient (Wildman–Crippen LogP) is 2.88. The van der Waals surface area contributed by atoms with E-state index in [0.717, 1.165) is 11.2 Å². The Balaban J connectivity index is 1.80. The second kappa shape index (κ2) is 9.21. The van der Waals surface area contributed by atoms with Gasteiger partial charge < -0.3 is 10.1 Å². The number of nitrogens with one attached hydrogen (secondary N) is 1. The molecular formula is C18H17NO5S2. The molecule has 0 spiro atoms. The second-order valence-electron chi connectivity index (χ2n) is 5.19. The standard InChI is InChI=1S/C18H17NO5S2/c1-26(22,23)16-9-5-6-14(12-16)19-17(20)13-24-18(21)10-11-25-15-7-3-2-4-8-15/h2-12H,13H2,1H3,(H,19,20)/b11-10+. The Bertz CT molecular complexity index is 908. The van der Waals surface area contributed by atoms with Crippen molar-refractivity contribution in [1.29, 1.82) is 0 Å². The number of esters is 1. The summed E-state index contributed by atoms with van der Waals surface area (Å²) in [6.45, 7) is -0.470. The molecule has 0 aliphatic rings. The number of anilines is 1. The molecule has 6 nitrogen and oxygen atoms in total. The van der Waals surface area contributed by atoms with Crippen molar-refractivity contribution < 1.29 is 22.7 Å². The van der Waals surface area contributed by atoms with Gasteiger partial charge in [0.25, 0.3) is 5.91 Å². The van der Waals surface area contributed by atoms with Gasteiger partial charge in [0.2, 0.25) is 0 Å². The van der Waals surface area contributed by atoms with Gasteiger partial charge in [0.1, 0.15) is 0 Å². The van der Waals surface area contributed by atoms with E-state index >= 15 is 0 Å². The lowest BCUT2D eigenvalue weighted by Gasteiger charge is -2.06. The van der Waals surface area contributed by atoms with Gasteiger partial charge in [-0.3, -0.25) is 4.79 Å². The highest BCUT2D eigenvalue weighted by Crippen LogP contribution is 2.18. The number of amides is 1. The fourth-order valence-electron chi connectivity index (χ4n) is 1.85. The van der Waals surface area contributed by atoms with Crippen molar-refractivity contribution >= 4 is 39.2 Å². The van der Waals surface area contributed by atoms with Gasteiger partial charge in [0.15, 0.2) is 16.4 Å². The largest absolute Gasteiger partial charge is 0.452 e. The number of carbonyl (C=O) groups excluding carboxylic acids is 2. The van der Waals surface area contributed by atoms with Gasteiger partial charge in [-0.15, -0.1) is 0 Å². The summed E-state index contributed by atoms with van der Waals surface area (Å²) in [5.41, 5.74) is 0.309. The smallest absolute Gasteiger partial charge is 0.331 e. The lowest BCUT2D eigenvalue weighted by Crippen LogP contribution is -2.20. The van der Waals surface area contributed by atoms with Crippen LogP contribution in [0.3, 0.4) is 0 Å². The van der Waals surface area contributed by atoms with E-state index < -0.39 is 28.3 Å². The van der Waals surface area contributed by atoms with Gasteiger partial charge in [-0.1, -0.05) is 36.0 Å². The van der Waals surface area contributed by atoms with Crippen LogP contribution in [0.4, 0.5) is 5.69 Å². The maximum atomic E-state index is 11.8. The van der Waals surface area contributed by atoms with Crippen LogP contribution in [0.15, 0.2) is 75.9 Å². The molecule has 0 saturated heterocycles. The Hall–Kier alpha value is -2.58. The molecule has 2 rings (SSSR count). The number of thioether (sulfide) groups is 1. The van der Waals surface area contributed by atoms with Crippen LogP contribution in [0.5, 0.6) is 0 Å². The molecule has 0 radical (unpaired) electrons. The summed E-state index contributed by atoms with van der Waals surface area (Å²) < 4.78 is 27.8. The van der Waals surface area contributed by atoms with Crippen LogP contribution < -0.4 is 5.32 Å². The van der Waals surface area contributed by atoms with Crippen molar-refractivity contribution in [2.45, 2.75) is 9.79 Å². The Morgan fingerprint density at radius 1 is 1.12 bits per heavy atom. The first-order valence-corrected chi connectivity index (χ1v) is 10.3. The molecule has 1 amide bonds. The first kappa shape index (κ1) is 19.7. The molecule has 0 aliphatic heterocycles.